The van der Waals surface area contributed by atoms with E-state index in [1.54, 1.807) is 0 Å². The molecule has 1 saturated carbocycles. The molecule has 1 aromatic carbocycles. The summed E-state index contributed by atoms with van der Waals surface area (Å²) in [5.74, 6) is -2.76. The number of nitrogens with one attached hydrogen (secondary N) is 1. The monoisotopic (exact) mass is 367 g/mol. The van der Waals surface area contributed by atoms with Gasteiger partial charge in [-0.1, -0.05) is 12.5 Å². The Morgan fingerprint density at radius 2 is 2.00 bits per heavy atom. The van der Waals surface area contributed by atoms with E-state index in [0.717, 1.165) is 0 Å². The first-order valence-corrected chi connectivity index (χ1v) is 7.71. The molecule has 9 heteroatoms. The predicted molar refractivity (Wildman–Crippen MR) is 78.9 cm³/mol. The zero-order valence-corrected chi connectivity index (χ0v) is 13.4. The summed E-state index contributed by atoms with van der Waals surface area (Å²) in [6.45, 7) is -3.17. The van der Waals surface area contributed by atoms with E-state index in [1.807, 2.05) is 0 Å². The van der Waals surface area contributed by atoms with E-state index in [-0.39, 0.29) is 24.2 Å². The Morgan fingerprint density at radius 3 is 2.60 bits per heavy atom. The lowest BCUT2D eigenvalue weighted by atomic mass is 9.85. The molecule has 1 aliphatic rings. The molecule has 0 spiro atoms. The van der Waals surface area contributed by atoms with E-state index >= 15 is 0 Å². The summed E-state index contributed by atoms with van der Waals surface area (Å²) >= 11 is 0. The number of para-hydroxylation sites is 1. The molecule has 1 aromatic rings. The molecule has 0 saturated heterocycles. The summed E-state index contributed by atoms with van der Waals surface area (Å²) in [6.07, 6.45) is -3.80. The molecule has 2 unspecified atom stereocenters. The van der Waals surface area contributed by atoms with Crippen LogP contribution in [0, 0.1) is 5.92 Å². The van der Waals surface area contributed by atoms with Crippen LogP contribution >= 0.6 is 0 Å². The zero-order valence-electron chi connectivity index (χ0n) is 13.4. The molecule has 1 fully saturated rings. The molecule has 0 heterocycles. The largest absolute Gasteiger partial charge is 0.493 e. The number of carbonyl (C=O) groups excluding carboxylic acids is 1. The summed E-state index contributed by atoms with van der Waals surface area (Å²) in [4.78, 5) is 12.4. The van der Waals surface area contributed by atoms with Gasteiger partial charge in [0.15, 0.2) is 11.5 Å². The van der Waals surface area contributed by atoms with Gasteiger partial charge < -0.3 is 14.8 Å². The molecule has 25 heavy (non-hydrogen) atoms. The van der Waals surface area contributed by atoms with Crippen LogP contribution in [0.2, 0.25) is 0 Å². The SMILES string of the molecule is COc1cccc(C(=O)NC2CCCC(C(F)(F)F)C2)c1OC(F)F. The van der Waals surface area contributed by atoms with E-state index in [2.05, 4.69) is 10.1 Å². The van der Waals surface area contributed by atoms with Crippen molar-refractivity contribution in [2.75, 3.05) is 7.11 Å². The van der Waals surface area contributed by atoms with Crippen molar-refractivity contribution >= 4 is 5.91 Å². The van der Waals surface area contributed by atoms with Gasteiger partial charge in [-0.2, -0.15) is 22.0 Å². The van der Waals surface area contributed by atoms with Gasteiger partial charge in [0.1, 0.15) is 0 Å². The molecule has 1 N–H and O–H groups in total. The lowest BCUT2D eigenvalue weighted by Crippen LogP contribution is -2.41. The van der Waals surface area contributed by atoms with Crippen LogP contribution < -0.4 is 14.8 Å². The molecule has 0 aliphatic heterocycles. The lowest BCUT2D eigenvalue weighted by Gasteiger charge is -2.31. The van der Waals surface area contributed by atoms with Crippen molar-refractivity contribution in [2.45, 2.75) is 44.5 Å². The third-order valence-electron chi connectivity index (χ3n) is 4.12. The smallest absolute Gasteiger partial charge is 0.391 e. The Kier molecular flexibility index (Phi) is 6.07. The first-order valence-electron chi connectivity index (χ1n) is 7.71. The van der Waals surface area contributed by atoms with Crippen LogP contribution in [0.15, 0.2) is 18.2 Å². The maximum atomic E-state index is 12.8. The van der Waals surface area contributed by atoms with E-state index in [4.69, 9.17) is 4.74 Å². The molecule has 2 rings (SSSR count). The fourth-order valence-electron chi connectivity index (χ4n) is 2.95. The van der Waals surface area contributed by atoms with Crippen LogP contribution in [0.4, 0.5) is 22.0 Å². The average Bonchev–Trinajstić information content (AvgIpc) is 2.54. The van der Waals surface area contributed by atoms with Crippen LogP contribution in [-0.4, -0.2) is 31.8 Å². The number of carbonyl (C=O) groups is 1. The molecule has 1 amide bonds. The fraction of sp³-hybridized carbons (Fsp3) is 0.562. The number of benzene rings is 1. The third kappa shape index (κ3) is 4.96. The van der Waals surface area contributed by atoms with Gasteiger partial charge in [-0.15, -0.1) is 0 Å². The number of halogens is 5. The van der Waals surface area contributed by atoms with Crippen molar-refractivity contribution in [2.24, 2.45) is 5.92 Å². The molecule has 4 nitrogen and oxygen atoms in total. The van der Waals surface area contributed by atoms with E-state index in [1.165, 1.54) is 25.3 Å². The second-order valence-corrected chi connectivity index (χ2v) is 5.79. The Morgan fingerprint density at radius 1 is 1.28 bits per heavy atom. The molecular weight excluding hydrogens is 349 g/mol. The highest BCUT2D eigenvalue weighted by Crippen LogP contribution is 2.38. The predicted octanol–water partition coefficient (Wildman–Crippen LogP) is 4.15. The van der Waals surface area contributed by atoms with Gasteiger partial charge in [0.2, 0.25) is 0 Å². The number of amides is 1. The van der Waals surface area contributed by atoms with Crippen molar-refractivity contribution in [1.82, 2.24) is 5.32 Å². The van der Waals surface area contributed by atoms with Crippen LogP contribution in [0.25, 0.3) is 0 Å². The van der Waals surface area contributed by atoms with Gasteiger partial charge in [-0.25, -0.2) is 0 Å². The number of hydrogen-bond donors (Lipinski definition) is 1. The van der Waals surface area contributed by atoms with Gasteiger partial charge in [-0.3, -0.25) is 4.79 Å². The number of methoxy groups -OCH3 is 1. The summed E-state index contributed by atoms with van der Waals surface area (Å²) in [5.41, 5.74) is -0.214. The highest BCUT2D eigenvalue weighted by Gasteiger charge is 2.42. The molecule has 0 aromatic heterocycles. The number of ether oxygens (including phenoxy) is 2. The standard InChI is InChI=1S/C16H18F5NO3/c1-24-12-7-3-6-11(13(12)25-15(17)18)14(23)22-10-5-2-4-9(8-10)16(19,20)21/h3,6-7,9-10,15H,2,4-5,8H2,1H3,(H,22,23). The van der Waals surface area contributed by atoms with Gasteiger partial charge in [0.25, 0.3) is 5.91 Å². The highest BCUT2D eigenvalue weighted by molar-refractivity contribution is 5.98. The number of hydrogen-bond acceptors (Lipinski definition) is 3. The highest BCUT2D eigenvalue weighted by atomic mass is 19.4. The van der Waals surface area contributed by atoms with Crippen LogP contribution in [0.3, 0.4) is 0 Å². The maximum absolute atomic E-state index is 12.8. The first kappa shape index (κ1) is 19.3. The van der Waals surface area contributed by atoms with Crippen molar-refractivity contribution in [1.29, 1.82) is 0 Å². The van der Waals surface area contributed by atoms with Gasteiger partial charge in [0.05, 0.1) is 18.6 Å². The summed E-state index contributed by atoms with van der Waals surface area (Å²) in [5, 5.41) is 2.48. The van der Waals surface area contributed by atoms with E-state index in [0.29, 0.717) is 12.8 Å². The van der Waals surface area contributed by atoms with Crippen molar-refractivity contribution < 1.29 is 36.2 Å². The zero-order chi connectivity index (χ0) is 18.6. The summed E-state index contributed by atoms with van der Waals surface area (Å²) < 4.78 is 73.0. The quantitative estimate of drug-likeness (QED) is 0.796. The van der Waals surface area contributed by atoms with Crippen LogP contribution in [0.5, 0.6) is 11.5 Å². The molecular formula is C16H18F5NO3. The molecule has 2 atom stereocenters. The van der Waals surface area contributed by atoms with Gasteiger partial charge in [0, 0.05) is 6.04 Å². The van der Waals surface area contributed by atoms with Crippen LogP contribution in [0.1, 0.15) is 36.0 Å². The fourth-order valence-corrected chi connectivity index (χ4v) is 2.95. The van der Waals surface area contributed by atoms with Crippen molar-refractivity contribution in [3.63, 3.8) is 0 Å². The van der Waals surface area contributed by atoms with Gasteiger partial charge in [-0.05, 0) is 31.4 Å². The normalized spacial score (nSPS) is 21.1. The Labute approximate surface area is 141 Å². The minimum Gasteiger partial charge on any atom is -0.493 e. The minimum absolute atomic E-state index is 0.0226. The Bertz CT molecular complexity index is 606. The average molecular weight is 367 g/mol. The molecule has 140 valence electrons. The Balaban J connectivity index is 2.15. The summed E-state index contributed by atoms with van der Waals surface area (Å²) in [7, 11) is 1.23. The second-order valence-electron chi connectivity index (χ2n) is 5.79. The maximum Gasteiger partial charge on any atom is 0.391 e. The van der Waals surface area contributed by atoms with Gasteiger partial charge >= 0.3 is 12.8 Å². The second kappa shape index (κ2) is 7.88. The van der Waals surface area contributed by atoms with Crippen molar-refractivity contribution in [3.05, 3.63) is 23.8 Å². The first-order chi connectivity index (χ1) is 11.7. The Hall–Kier alpha value is -2.06. The third-order valence-corrected chi connectivity index (χ3v) is 4.12. The molecule has 0 radical (unpaired) electrons. The number of alkyl halides is 5. The molecule has 0 bridgehead atoms. The minimum atomic E-state index is -4.32. The van der Waals surface area contributed by atoms with E-state index in [9.17, 15) is 26.7 Å². The lowest BCUT2D eigenvalue weighted by molar-refractivity contribution is -0.183. The van der Waals surface area contributed by atoms with Crippen LogP contribution in [-0.2, 0) is 0 Å². The summed E-state index contributed by atoms with van der Waals surface area (Å²) in [6, 6.07) is 3.32. The molecule has 1 aliphatic carbocycles. The number of rotatable bonds is 5. The van der Waals surface area contributed by atoms with E-state index < -0.39 is 36.4 Å². The van der Waals surface area contributed by atoms with Crippen molar-refractivity contribution in [3.8, 4) is 11.5 Å². The topological polar surface area (TPSA) is 47.6 Å².